The Morgan fingerprint density at radius 3 is 2.60 bits per heavy atom. The molecule has 0 spiro atoms. The lowest BCUT2D eigenvalue weighted by Crippen LogP contribution is -2.26. The largest absolute Gasteiger partial charge is 0.479 e. The third-order valence-corrected chi connectivity index (χ3v) is 3.63. The molecule has 2 aromatic carbocycles. The van der Waals surface area contributed by atoms with E-state index in [4.69, 9.17) is 25.5 Å². The summed E-state index contributed by atoms with van der Waals surface area (Å²) >= 11 is 6.08. The molecule has 6 nitrogen and oxygen atoms in total. The molecule has 0 aliphatic rings. The Kier molecular flexibility index (Phi) is 5.30. The van der Waals surface area contributed by atoms with Crippen molar-refractivity contribution in [2.75, 3.05) is 0 Å². The van der Waals surface area contributed by atoms with Crippen LogP contribution in [-0.2, 0) is 16.1 Å². The maximum atomic E-state index is 12.0. The highest BCUT2D eigenvalue weighted by atomic mass is 35.5. The summed E-state index contributed by atoms with van der Waals surface area (Å²) in [6.07, 6.45) is -0.756. The van der Waals surface area contributed by atoms with E-state index in [9.17, 15) is 4.79 Å². The predicted molar refractivity (Wildman–Crippen MR) is 91.1 cm³/mol. The van der Waals surface area contributed by atoms with Gasteiger partial charge in [0.05, 0.1) is 10.6 Å². The molecule has 0 saturated carbocycles. The van der Waals surface area contributed by atoms with Crippen LogP contribution in [0.4, 0.5) is 0 Å². The van der Waals surface area contributed by atoms with Gasteiger partial charge in [0.25, 0.3) is 5.89 Å². The van der Waals surface area contributed by atoms with Crippen molar-refractivity contribution >= 4 is 17.6 Å². The molecule has 0 aliphatic carbocycles. The number of hydrogen-bond donors (Lipinski definition) is 0. The van der Waals surface area contributed by atoms with Crippen LogP contribution in [-0.4, -0.2) is 22.3 Å². The maximum Gasteiger partial charge on any atom is 0.347 e. The molecule has 0 aliphatic heterocycles. The number of nitrogens with zero attached hydrogens (tertiary/aromatic N) is 2. The second kappa shape index (κ2) is 7.81. The number of carbonyl (C=O) groups excluding carboxylic acids is 1. The van der Waals surface area contributed by atoms with E-state index in [1.54, 1.807) is 37.3 Å². The smallest absolute Gasteiger partial charge is 0.347 e. The number of ether oxygens (including phenoxy) is 2. The number of carbonyl (C=O) groups is 1. The summed E-state index contributed by atoms with van der Waals surface area (Å²) in [4.78, 5) is 12.0. The third-order valence-electron chi connectivity index (χ3n) is 3.30. The molecule has 128 valence electrons. The van der Waals surface area contributed by atoms with E-state index in [0.29, 0.717) is 16.3 Å². The van der Waals surface area contributed by atoms with E-state index >= 15 is 0 Å². The Hall–Kier alpha value is -2.86. The van der Waals surface area contributed by atoms with Gasteiger partial charge in [-0.05, 0) is 31.2 Å². The predicted octanol–water partition coefficient (Wildman–Crippen LogP) is 3.90. The average molecular weight is 359 g/mol. The fraction of sp³-hybridized carbons (Fsp3) is 0.167. The highest BCUT2D eigenvalue weighted by Crippen LogP contribution is 2.26. The number of para-hydroxylation sites is 1. The van der Waals surface area contributed by atoms with Crippen LogP contribution in [0.15, 0.2) is 59.0 Å². The van der Waals surface area contributed by atoms with Crippen molar-refractivity contribution < 1.29 is 18.7 Å². The summed E-state index contributed by atoms with van der Waals surface area (Å²) in [6.45, 7) is 1.47. The number of halogens is 1. The van der Waals surface area contributed by atoms with Gasteiger partial charge in [0.2, 0.25) is 5.89 Å². The van der Waals surface area contributed by atoms with E-state index < -0.39 is 12.1 Å². The molecule has 0 fully saturated rings. The van der Waals surface area contributed by atoms with Crippen molar-refractivity contribution in [3.05, 3.63) is 65.5 Å². The van der Waals surface area contributed by atoms with Crippen molar-refractivity contribution in [3.8, 4) is 17.2 Å². The lowest BCUT2D eigenvalue weighted by atomic mass is 10.2. The Bertz CT molecular complexity index is 851. The van der Waals surface area contributed by atoms with Gasteiger partial charge in [-0.2, -0.15) is 0 Å². The molecule has 0 saturated heterocycles. The van der Waals surface area contributed by atoms with Gasteiger partial charge in [-0.3, -0.25) is 0 Å². The third kappa shape index (κ3) is 4.36. The zero-order valence-electron chi connectivity index (χ0n) is 13.4. The minimum Gasteiger partial charge on any atom is -0.479 e. The number of hydrogen-bond acceptors (Lipinski definition) is 6. The molecule has 1 atom stereocenters. The molecular weight excluding hydrogens is 344 g/mol. The van der Waals surface area contributed by atoms with Gasteiger partial charge in [0, 0.05) is 0 Å². The van der Waals surface area contributed by atoms with E-state index in [1.807, 2.05) is 24.3 Å². The fourth-order valence-corrected chi connectivity index (χ4v) is 2.27. The van der Waals surface area contributed by atoms with Gasteiger partial charge in [-0.1, -0.05) is 41.9 Å². The second-order valence-corrected chi connectivity index (χ2v) is 5.57. The van der Waals surface area contributed by atoms with Crippen LogP contribution in [0.5, 0.6) is 5.75 Å². The lowest BCUT2D eigenvalue weighted by molar-refractivity contribution is -0.153. The summed E-state index contributed by atoms with van der Waals surface area (Å²) in [5.41, 5.74) is 0.620. The SMILES string of the molecule is C[C@@H](Oc1ccccc1)C(=O)OCc1nnc(-c2ccccc2Cl)o1. The number of aromatic nitrogens is 2. The zero-order chi connectivity index (χ0) is 17.6. The lowest BCUT2D eigenvalue weighted by Gasteiger charge is -2.12. The minimum atomic E-state index is -0.756. The molecule has 0 bridgehead atoms. The fourth-order valence-electron chi connectivity index (χ4n) is 2.06. The van der Waals surface area contributed by atoms with Crippen molar-refractivity contribution in [1.29, 1.82) is 0 Å². The Balaban J connectivity index is 1.57. The topological polar surface area (TPSA) is 74.5 Å². The van der Waals surface area contributed by atoms with Crippen LogP contribution in [0.25, 0.3) is 11.5 Å². The highest BCUT2D eigenvalue weighted by molar-refractivity contribution is 6.33. The second-order valence-electron chi connectivity index (χ2n) is 5.16. The van der Waals surface area contributed by atoms with Crippen LogP contribution < -0.4 is 4.74 Å². The molecule has 25 heavy (non-hydrogen) atoms. The molecular formula is C18H15ClN2O4. The summed E-state index contributed by atoms with van der Waals surface area (Å²) in [5, 5.41) is 8.27. The first-order valence-electron chi connectivity index (χ1n) is 7.59. The summed E-state index contributed by atoms with van der Waals surface area (Å²) in [5.74, 6) is 0.507. The minimum absolute atomic E-state index is 0.140. The molecule has 0 N–H and O–H groups in total. The average Bonchev–Trinajstić information content (AvgIpc) is 3.09. The van der Waals surface area contributed by atoms with E-state index in [0.717, 1.165) is 0 Å². The maximum absolute atomic E-state index is 12.0. The Labute approximate surface area is 149 Å². The number of benzene rings is 2. The van der Waals surface area contributed by atoms with Crippen molar-refractivity contribution in [1.82, 2.24) is 10.2 Å². The molecule has 0 radical (unpaired) electrons. The van der Waals surface area contributed by atoms with Crippen LogP contribution in [0.3, 0.4) is 0 Å². The van der Waals surface area contributed by atoms with Crippen LogP contribution >= 0.6 is 11.6 Å². The number of rotatable bonds is 6. The van der Waals surface area contributed by atoms with Crippen molar-refractivity contribution in [3.63, 3.8) is 0 Å². The van der Waals surface area contributed by atoms with Crippen molar-refractivity contribution in [2.45, 2.75) is 19.6 Å². The van der Waals surface area contributed by atoms with Crippen LogP contribution in [0, 0.1) is 0 Å². The normalized spacial score (nSPS) is 11.8. The van der Waals surface area contributed by atoms with Gasteiger partial charge < -0.3 is 13.9 Å². The van der Waals surface area contributed by atoms with E-state index in [2.05, 4.69) is 10.2 Å². The quantitative estimate of drug-likeness (QED) is 0.622. The highest BCUT2D eigenvalue weighted by Gasteiger charge is 2.18. The van der Waals surface area contributed by atoms with Gasteiger partial charge in [0.1, 0.15) is 5.75 Å². The molecule has 1 heterocycles. The van der Waals surface area contributed by atoms with Gasteiger partial charge in [-0.15, -0.1) is 10.2 Å². The Morgan fingerprint density at radius 2 is 1.84 bits per heavy atom. The molecule has 3 rings (SSSR count). The first-order chi connectivity index (χ1) is 12.1. The van der Waals surface area contributed by atoms with Crippen molar-refractivity contribution in [2.24, 2.45) is 0 Å². The molecule has 0 amide bonds. The number of esters is 1. The van der Waals surface area contributed by atoms with Gasteiger partial charge in [0.15, 0.2) is 12.7 Å². The van der Waals surface area contributed by atoms with Gasteiger partial charge >= 0.3 is 5.97 Å². The zero-order valence-corrected chi connectivity index (χ0v) is 14.1. The van der Waals surface area contributed by atoms with Gasteiger partial charge in [-0.25, -0.2) is 4.79 Å². The first-order valence-corrected chi connectivity index (χ1v) is 7.97. The van der Waals surface area contributed by atoms with E-state index in [-0.39, 0.29) is 18.4 Å². The summed E-state index contributed by atoms with van der Waals surface area (Å²) in [7, 11) is 0. The molecule has 1 aromatic heterocycles. The molecule has 7 heteroatoms. The van der Waals surface area contributed by atoms with E-state index in [1.165, 1.54) is 0 Å². The van der Waals surface area contributed by atoms with Crippen LogP contribution in [0.1, 0.15) is 12.8 Å². The molecule has 3 aromatic rings. The standard InChI is InChI=1S/C18H15ClN2O4/c1-12(24-13-7-3-2-4-8-13)18(22)23-11-16-20-21-17(25-16)14-9-5-6-10-15(14)19/h2-10,12H,11H2,1H3/t12-/m1/s1. The summed E-state index contributed by atoms with van der Waals surface area (Å²) in [6, 6.07) is 16.1. The monoisotopic (exact) mass is 358 g/mol. The Morgan fingerprint density at radius 1 is 1.12 bits per heavy atom. The summed E-state index contributed by atoms with van der Waals surface area (Å²) < 4.78 is 16.1. The van der Waals surface area contributed by atoms with Crippen LogP contribution in [0.2, 0.25) is 5.02 Å². The molecule has 0 unspecified atom stereocenters. The first kappa shape index (κ1) is 17.0.